The van der Waals surface area contributed by atoms with Gasteiger partial charge >= 0.3 is 0 Å². The fourth-order valence-corrected chi connectivity index (χ4v) is 3.68. The minimum absolute atomic E-state index is 0.0950. The zero-order chi connectivity index (χ0) is 20.8. The number of halogens is 2. The Kier molecular flexibility index (Phi) is 7.39. The molecule has 3 N–H and O–H groups in total. The molecule has 0 bridgehead atoms. The van der Waals surface area contributed by atoms with Crippen LogP contribution >= 0.6 is 23.2 Å². The van der Waals surface area contributed by atoms with Crippen molar-refractivity contribution >= 4 is 40.9 Å². The lowest BCUT2D eigenvalue weighted by Crippen LogP contribution is -2.42. The Morgan fingerprint density at radius 1 is 1.21 bits per heavy atom. The molecule has 1 aromatic heterocycles. The number of hydrogen-bond donors (Lipinski definition) is 3. The van der Waals surface area contributed by atoms with Crippen molar-refractivity contribution in [2.24, 2.45) is 0 Å². The Morgan fingerprint density at radius 3 is 2.66 bits per heavy atom. The molecule has 7 nitrogen and oxygen atoms in total. The zero-order valence-corrected chi connectivity index (χ0v) is 18.0. The molecular weight excluding hydrogens is 413 g/mol. The summed E-state index contributed by atoms with van der Waals surface area (Å²) in [5.41, 5.74) is 1.01. The van der Waals surface area contributed by atoms with Gasteiger partial charge in [0, 0.05) is 30.9 Å². The highest BCUT2D eigenvalue weighted by atomic mass is 35.5. The van der Waals surface area contributed by atoms with Gasteiger partial charge in [-0.05, 0) is 44.7 Å². The first kappa shape index (κ1) is 21.5. The third-order valence-corrected chi connectivity index (χ3v) is 5.71. The molecule has 1 heterocycles. The van der Waals surface area contributed by atoms with E-state index in [4.69, 9.17) is 27.9 Å². The number of rotatable bonds is 7. The molecule has 0 saturated heterocycles. The van der Waals surface area contributed by atoms with E-state index in [2.05, 4.69) is 25.9 Å². The number of hydrogen-bond acceptors (Lipinski definition) is 6. The van der Waals surface area contributed by atoms with Gasteiger partial charge in [-0.3, -0.25) is 4.79 Å². The summed E-state index contributed by atoms with van der Waals surface area (Å²) in [6.07, 6.45) is 5.42. The first-order valence-corrected chi connectivity index (χ1v) is 10.4. The molecule has 1 amide bonds. The van der Waals surface area contributed by atoms with Gasteiger partial charge in [0.2, 0.25) is 5.95 Å². The zero-order valence-electron chi connectivity index (χ0n) is 16.5. The molecule has 1 aliphatic carbocycles. The van der Waals surface area contributed by atoms with Crippen molar-refractivity contribution in [2.75, 3.05) is 24.3 Å². The Hall–Kier alpha value is -2.25. The van der Waals surface area contributed by atoms with E-state index in [0.29, 0.717) is 21.7 Å². The number of nitrogens with one attached hydrogen (secondary N) is 3. The third kappa shape index (κ3) is 5.87. The van der Waals surface area contributed by atoms with E-state index >= 15 is 0 Å². The van der Waals surface area contributed by atoms with E-state index in [1.54, 1.807) is 24.4 Å². The topological polar surface area (TPSA) is 88.2 Å². The molecule has 156 valence electrons. The second kappa shape index (κ2) is 9.98. The monoisotopic (exact) mass is 437 g/mol. The smallest absolute Gasteiger partial charge is 0.258 e. The lowest BCUT2D eigenvalue weighted by molar-refractivity contribution is -0.124. The quantitative estimate of drug-likeness (QED) is 0.605. The molecule has 0 radical (unpaired) electrons. The maximum Gasteiger partial charge on any atom is 0.258 e. The van der Waals surface area contributed by atoms with Crippen molar-refractivity contribution in [3.63, 3.8) is 0 Å². The van der Waals surface area contributed by atoms with Gasteiger partial charge in [-0.15, -0.1) is 0 Å². The predicted molar refractivity (Wildman–Crippen MR) is 116 cm³/mol. The Labute approximate surface area is 180 Å². The van der Waals surface area contributed by atoms with Crippen molar-refractivity contribution < 1.29 is 9.53 Å². The maximum absolute atomic E-state index is 12.2. The van der Waals surface area contributed by atoms with Crippen LogP contribution < -0.4 is 20.7 Å². The first-order chi connectivity index (χ1) is 14.0. The van der Waals surface area contributed by atoms with Gasteiger partial charge < -0.3 is 20.7 Å². The van der Waals surface area contributed by atoms with Crippen molar-refractivity contribution in [1.82, 2.24) is 15.3 Å². The highest BCUT2D eigenvalue weighted by Crippen LogP contribution is 2.31. The van der Waals surface area contributed by atoms with Crippen LogP contribution in [0, 0.1) is 6.92 Å². The summed E-state index contributed by atoms with van der Waals surface area (Å²) in [5.74, 6) is 1.68. The molecule has 2 aromatic rings. The number of nitrogens with zero attached hydrogens (tertiary/aromatic N) is 2. The van der Waals surface area contributed by atoms with Crippen LogP contribution in [0.25, 0.3) is 0 Å². The van der Waals surface area contributed by atoms with E-state index < -0.39 is 0 Å². The van der Waals surface area contributed by atoms with Crippen LogP contribution in [0.15, 0.2) is 24.4 Å². The molecular formula is C20H25Cl2N5O2. The normalized spacial score (nSPS) is 18.8. The van der Waals surface area contributed by atoms with Crippen LogP contribution in [0.2, 0.25) is 10.0 Å². The van der Waals surface area contributed by atoms with Gasteiger partial charge in [-0.1, -0.05) is 29.3 Å². The van der Waals surface area contributed by atoms with Crippen LogP contribution in [0.1, 0.15) is 31.2 Å². The minimum Gasteiger partial charge on any atom is -0.482 e. The molecule has 1 aliphatic rings. The molecule has 1 saturated carbocycles. The number of aryl methyl sites for hydroxylation is 1. The number of amides is 1. The summed E-state index contributed by atoms with van der Waals surface area (Å²) in [7, 11) is 1.84. The van der Waals surface area contributed by atoms with Crippen LogP contribution in [-0.2, 0) is 4.79 Å². The highest BCUT2D eigenvalue weighted by molar-refractivity contribution is 6.42. The molecule has 1 aromatic carbocycles. The summed E-state index contributed by atoms with van der Waals surface area (Å²) in [5, 5.41) is 10.2. The standard InChI is InChI=1S/C20H25Cl2N5O2/c1-12-10-24-20(27-19(12)23-2)26-14-8-6-13(7-9-14)25-17(28)11-29-16-5-3-4-15(21)18(16)22/h3-5,10,13-14H,6-9,11H2,1-2H3,(H,25,28)(H2,23,24,26,27). The summed E-state index contributed by atoms with van der Waals surface area (Å²) in [6.45, 7) is 1.87. The van der Waals surface area contributed by atoms with Gasteiger partial charge in [0.1, 0.15) is 16.6 Å². The second-order valence-corrected chi connectivity index (χ2v) is 7.86. The lowest BCUT2D eigenvalue weighted by Gasteiger charge is -2.29. The van der Waals surface area contributed by atoms with E-state index in [1.807, 2.05) is 14.0 Å². The average molecular weight is 438 g/mol. The van der Waals surface area contributed by atoms with Crippen LogP contribution in [0.4, 0.5) is 11.8 Å². The van der Waals surface area contributed by atoms with E-state index in [9.17, 15) is 4.79 Å². The molecule has 29 heavy (non-hydrogen) atoms. The number of carbonyl (C=O) groups is 1. The fraction of sp³-hybridized carbons (Fsp3) is 0.450. The summed E-state index contributed by atoms with van der Waals surface area (Å²) >= 11 is 12.0. The molecule has 0 atom stereocenters. The third-order valence-electron chi connectivity index (χ3n) is 4.91. The molecule has 0 unspecified atom stereocenters. The molecule has 9 heteroatoms. The SMILES string of the molecule is CNc1nc(NC2CCC(NC(=O)COc3cccc(Cl)c3Cl)CC2)ncc1C. The minimum atomic E-state index is -0.169. The number of aromatic nitrogens is 2. The average Bonchev–Trinajstić information content (AvgIpc) is 2.72. The second-order valence-electron chi connectivity index (χ2n) is 7.08. The number of carbonyl (C=O) groups excluding carboxylic acids is 1. The van der Waals surface area contributed by atoms with Crippen molar-refractivity contribution in [3.8, 4) is 5.75 Å². The van der Waals surface area contributed by atoms with E-state index in [1.165, 1.54) is 0 Å². The molecule has 0 aliphatic heterocycles. The van der Waals surface area contributed by atoms with Crippen molar-refractivity contribution in [2.45, 2.75) is 44.7 Å². The number of anilines is 2. The van der Waals surface area contributed by atoms with Gasteiger partial charge in [-0.25, -0.2) is 4.98 Å². The van der Waals surface area contributed by atoms with E-state index in [-0.39, 0.29) is 24.6 Å². The van der Waals surface area contributed by atoms with Crippen LogP contribution in [0.3, 0.4) is 0 Å². The molecule has 0 spiro atoms. The van der Waals surface area contributed by atoms with Crippen LogP contribution in [0.5, 0.6) is 5.75 Å². The van der Waals surface area contributed by atoms with Crippen LogP contribution in [-0.4, -0.2) is 41.6 Å². The predicted octanol–water partition coefficient (Wildman–Crippen LogP) is 4.05. The fourth-order valence-electron chi connectivity index (χ4n) is 3.34. The van der Waals surface area contributed by atoms with Gasteiger partial charge in [0.25, 0.3) is 5.91 Å². The number of benzene rings is 1. The Morgan fingerprint density at radius 2 is 1.93 bits per heavy atom. The summed E-state index contributed by atoms with van der Waals surface area (Å²) in [6, 6.07) is 5.51. The highest BCUT2D eigenvalue weighted by Gasteiger charge is 2.23. The van der Waals surface area contributed by atoms with Crippen molar-refractivity contribution in [1.29, 1.82) is 0 Å². The maximum atomic E-state index is 12.2. The van der Waals surface area contributed by atoms with Gasteiger partial charge in [0.15, 0.2) is 6.61 Å². The molecule has 3 rings (SSSR count). The molecule has 1 fully saturated rings. The van der Waals surface area contributed by atoms with Gasteiger partial charge in [-0.2, -0.15) is 4.98 Å². The Bertz CT molecular complexity index is 857. The summed E-state index contributed by atoms with van der Waals surface area (Å²) < 4.78 is 5.49. The van der Waals surface area contributed by atoms with Gasteiger partial charge in [0.05, 0.1) is 5.02 Å². The first-order valence-electron chi connectivity index (χ1n) is 9.60. The lowest BCUT2D eigenvalue weighted by atomic mass is 9.91. The largest absolute Gasteiger partial charge is 0.482 e. The summed E-state index contributed by atoms with van der Waals surface area (Å²) in [4.78, 5) is 21.0. The van der Waals surface area contributed by atoms with Crippen molar-refractivity contribution in [3.05, 3.63) is 40.0 Å². The van der Waals surface area contributed by atoms with E-state index in [0.717, 1.165) is 37.1 Å². The number of ether oxygens (including phenoxy) is 1. The Balaban J connectivity index is 1.42.